The molecule has 0 aliphatic rings. The monoisotopic (exact) mass is 301 g/mol. The second-order valence-electron chi connectivity index (χ2n) is 3.17. The van der Waals surface area contributed by atoms with Crippen molar-refractivity contribution in [2.24, 2.45) is 0 Å². The Balaban J connectivity index is 2.96. The number of alkyl halides is 2. The predicted molar refractivity (Wildman–Crippen MR) is 60.4 cm³/mol. The van der Waals surface area contributed by atoms with Crippen LogP contribution in [-0.2, 0) is 20.1 Å². The number of nitrogens with zero attached hydrogens (tertiary/aromatic N) is 1. The molecular formula is C9H10ClF2NO4S. The van der Waals surface area contributed by atoms with E-state index in [1.165, 1.54) is 12.3 Å². The molecule has 5 nitrogen and oxygen atoms in total. The fourth-order valence-electron chi connectivity index (χ4n) is 1.06. The Morgan fingerprint density at radius 1 is 1.50 bits per heavy atom. The van der Waals surface area contributed by atoms with Gasteiger partial charge in [0.05, 0.1) is 17.8 Å². The van der Waals surface area contributed by atoms with Gasteiger partial charge < -0.3 is 4.74 Å². The van der Waals surface area contributed by atoms with Gasteiger partial charge in [-0.25, -0.2) is 8.78 Å². The Kier molecular flexibility index (Phi) is 5.24. The predicted octanol–water partition coefficient (Wildman–Crippen LogP) is 1.86. The smallest absolute Gasteiger partial charge is 0.272 e. The van der Waals surface area contributed by atoms with Gasteiger partial charge in [-0.1, -0.05) is 11.6 Å². The van der Waals surface area contributed by atoms with Crippen molar-refractivity contribution in [2.75, 3.05) is 13.7 Å². The van der Waals surface area contributed by atoms with Crippen LogP contribution in [0.15, 0.2) is 12.3 Å². The summed E-state index contributed by atoms with van der Waals surface area (Å²) in [6.45, 7) is -0.873. The second-order valence-corrected chi connectivity index (χ2v) is 5.34. The van der Waals surface area contributed by atoms with Gasteiger partial charge in [0.15, 0.2) is 0 Å². The highest BCUT2D eigenvalue weighted by Crippen LogP contribution is 2.23. The molecule has 0 radical (unpaired) electrons. The van der Waals surface area contributed by atoms with Crippen molar-refractivity contribution in [1.29, 1.82) is 0 Å². The fourth-order valence-corrected chi connectivity index (χ4v) is 1.88. The van der Waals surface area contributed by atoms with Crippen LogP contribution < -0.4 is 4.74 Å². The van der Waals surface area contributed by atoms with Gasteiger partial charge in [-0.3, -0.25) is 9.17 Å². The topological polar surface area (TPSA) is 65.5 Å². The SMILES string of the molecule is COS(=O)(=O)Cc1ncc(Cl)cc1OCC(F)F. The maximum absolute atomic E-state index is 12.0. The highest BCUT2D eigenvalue weighted by atomic mass is 35.5. The molecule has 0 amide bonds. The first-order valence-corrected chi connectivity index (χ1v) is 6.63. The minimum atomic E-state index is -3.82. The van der Waals surface area contributed by atoms with Crippen molar-refractivity contribution in [2.45, 2.75) is 12.2 Å². The molecule has 1 aromatic heterocycles. The minimum Gasteiger partial charge on any atom is -0.486 e. The average molecular weight is 302 g/mol. The minimum absolute atomic E-state index is 0.0399. The molecule has 0 bridgehead atoms. The van der Waals surface area contributed by atoms with Crippen molar-refractivity contribution in [1.82, 2.24) is 4.98 Å². The van der Waals surface area contributed by atoms with E-state index in [2.05, 4.69) is 9.17 Å². The van der Waals surface area contributed by atoms with E-state index in [4.69, 9.17) is 16.3 Å². The van der Waals surface area contributed by atoms with Crippen LogP contribution >= 0.6 is 11.6 Å². The fraction of sp³-hybridized carbons (Fsp3) is 0.444. The third-order valence-corrected chi connectivity index (χ3v) is 3.17. The number of pyridine rings is 1. The Hall–Kier alpha value is -0.990. The van der Waals surface area contributed by atoms with Gasteiger partial charge in [0, 0.05) is 12.3 Å². The molecule has 0 atom stereocenters. The zero-order valence-electron chi connectivity index (χ0n) is 9.27. The molecule has 0 saturated heterocycles. The molecule has 0 spiro atoms. The van der Waals surface area contributed by atoms with Gasteiger partial charge in [0.1, 0.15) is 18.1 Å². The standard InChI is InChI=1S/C9H10ClF2NO4S/c1-16-18(14,15)5-7-8(17-4-9(11)12)2-6(10)3-13-7/h2-3,9H,4-5H2,1H3. The number of ether oxygens (including phenoxy) is 1. The van der Waals surface area contributed by atoms with Crippen molar-refractivity contribution < 1.29 is 26.1 Å². The van der Waals surface area contributed by atoms with E-state index in [1.807, 2.05) is 0 Å². The molecular weight excluding hydrogens is 292 g/mol. The molecule has 9 heteroatoms. The lowest BCUT2D eigenvalue weighted by atomic mass is 10.3. The normalized spacial score (nSPS) is 11.8. The summed E-state index contributed by atoms with van der Waals surface area (Å²) in [6.07, 6.45) is -1.49. The Bertz CT molecular complexity index is 509. The first-order chi connectivity index (χ1) is 8.34. The molecule has 102 valence electrons. The molecule has 0 aliphatic carbocycles. The van der Waals surface area contributed by atoms with Crippen LogP contribution in [0.25, 0.3) is 0 Å². The zero-order chi connectivity index (χ0) is 13.8. The van der Waals surface area contributed by atoms with Crippen LogP contribution in [0, 0.1) is 0 Å². The van der Waals surface area contributed by atoms with Crippen molar-refractivity contribution in [3.63, 3.8) is 0 Å². The van der Waals surface area contributed by atoms with Crippen molar-refractivity contribution in [3.8, 4) is 5.75 Å². The molecule has 1 rings (SSSR count). The number of halogens is 3. The lowest BCUT2D eigenvalue weighted by molar-refractivity contribution is 0.0813. The van der Waals surface area contributed by atoms with E-state index in [9.17, 15) is 17.2 Å². The van der Waals surface area contributed by atoms with Gasteiger partial charge in [0.2, 0.25) is 0 Å². The second kappa shape index (κ2) is 6.26. The van der Waals surface area contributed by atoms with Crippen LogP contribution in [0.1, 0.15) is 5.69 Å². The molecule has 18 heavy (non-hydrogen) atoms. The summed E-state index contributed by atoms with van der Waals surface area (Å²) in [6, 6.07) is 1.22. The van der Waals surface area contributed by atoms with Gasteiger partial charge in [-0.15, -0.1) is 0 Å². The third-order valence-electron chi connectivity index (χ3n) is 1.83. The molecule has 0 aromatic carbocycles. The highest BCUT2D eigenvalue weighted by molar-refractivity contribution is 7.85. The van der Waals surface area contributed by atoms with Crippen LogP contribution in [0.3, 0.4) is 0 Å². The molecule has 1 aromatic rings. The van der Waals surface area contributed by atoms with E-state index in [0.29, 0.717) is 0 Å². The van der Waals surface area contributed by atoms with E-state index in [1.54, 1.807) is 0 Å². The molecule has 0 aliphatic heterocycles. The summed E-state index contributed by atoms with van der Waals surface area (Å²) in [4.78, 5) is 3.73. The van der Waals surface area contributed by atoms with E-state index >= 15 is 0 Å². The highest BCUT2D eigenvalue weighted by Gasteiger charge is 2.17. The number of hydrogen-bond acceptors (Lipinski definition) is 5. The average Bonchev–Trinajstić information content (AvgIpc) is 2.29. The number of hydrogen-bond donors (Lipinski definition) is 0. The Morgan fingerprint density at radius 2 is 2.17 bits per heavy atom. The van der Waals surface area contributed by atoms with Crippen molar-refractivity contribution >= 4 is 21.7 Å². The quantitative estimate of drug-likeness (QED) is 0.750. The lowest BCUT2D eigenvalue weighted by Crippen LogP contribution is -2.12. The summed E-state index contributed by atoms with van der Waals surface area (Å²) >= 11 is 5.63. The Morgan fingerprint density at radius 3 is 2.72 bits per heavy atom. The maximum Gasteiger partial charge on any atom is 0.272 e. The third kappa shape index (κ3) is 4.71. The summed E-state index contributed by atoms with van der Waals surface area (Å²) < 4.78 is 55.6. The van der Waals surface area contributed by atoms with Crippen molar-refractivity contribution in [3.05, 3.63) is 23.0 Å². The van der Waals surface area contributed by atoms with E-state index < -0.39 is 28.9 Å². The van der Waals surface area contributed by atoms with Crippen LogP contribution in [0.2, 0.25) is 5.02 Å². The zero-order valence-corrected chi connectivity index (χ0v) is 10.8. The van der Waals surface area contributed by atoms with Gasteiger partial charge in [0.25, 0.3) is 16.5 Å². The molecule has 0 unspecified atom stereocenters. The number of aromatic nitrogens is 1. The molecule has 0 N–H and O–H groups in total. The molecule has 1 heterocycles. The first kappa shape index (κ1) is 15.1. The largest absolute Gasteiger partial charge is 0.486 e. The Labute approximate surface area is 108 Å². The van der Waals surface area contributed by atoms with Crippen LogP contribution in [0.5, 0.6) is 5.75 Å². The molecule has 0 fully saturated rings. The van der Waals surface area contributed by atoms with Gasteiger partial charge in [-0.2, -0.15) is 8.42 Å². The first-order valence-electron chi connectivity index (χ1n) is 4.67. The summed E-state index contributed by atoms with van der Waals surface area (Å²) in [5, 5.41) is 0.151. The summed E-state index contributed by atoms with van der Waals surface area (Å²) in [5.74, 6) is -0.692. The van der Waals surface area contributed by atoms with E-state index in [-0.39, 0.29) is 16.5 Å². The van der Waals surface area contributed by atoms with Gasteiger partial charge >= 0.3 is 0 Å². The summed E-state index contributed by atoms with van der Waals surface area (Å²) in [7, 11) is -2.83. The maximum atomic E-state index is 12.0. The number of rotatable bonds is 6. The molecule has 0 saturated carbocycles. The van der Waals surface area contributed by atoms with Crippen LogP contribution in [-0.4, -0.2) is 33.5 Å². The lowest BCUT2D eigenvalue weighted by Gasteiger charge is -2.10. The van der Waals surface area contributed by atoms with Crippen LogP contribution in [0.4, 0.5) is 8.78 Å². The van der Waals surface area contributed by atoms with E-state index in [0.717, 1.165) is 7.11 Å². The summed E-state index contributed by atoms with van der Waals surface area (Å²) in [5.41, 5.74) is -0.0399. The van der Waals surface area contributed by atoms with Gasteiger partial charge in [-0.05, 0) is 0 Å².